The van der Waals surface area contributed by atoms with Crippen LogP contribution in [0, 0.1) is 0 Å². The first-order chi connectivity index (χ1) is 9.33. The molecule has 19 heavy (non-hydrogen) atoms. The number of unbranched alkanes of at least 4 members (excludes halogenated alkanes) is 10. The lowest BCUT2D eigenvalue weighted by molar-refractivity contribution is 0.602. The van der Waals surface area contributed by atoms with Gasteiger partial charge in [-0.1, -0.05) is 105 Å². The molecule has 0 atom stereocenters. The van der Waals surface area contributed by atoms with Crippen LogP contribution in [0.3, 0.4) is 0 Å². The van der Waals surface area contributed by atoms with Crippen molar-refractivity contribution in [1.82, 2.24) is 0 Å². The summed E-state index contributed by atoms with van der Waals surface area (Å²) >= 11 is 0. The van der Waals surface area contributed by atoms with E-state index in [4.69, 9.17) is 0 Å². The second-order valence-corrected chi connectivity index (χ2v) is 4.91. The third-order valence-electron chi connectivity index (χ3n) is 2.97. The van der Waals surface area contributed by atoms with Crippen LogP contribution in [0.2, 0.25) is 0 Å². The molecule has 0 amide bonds. The average molecular weight is 271 g/mol. The van der Waals surface area contributed by atoms with Crippen molar-refractivity contribution in [3.8, 4) is 0 Å². The summed E-state index contributed by atoms with van der Waals surface area (Å²) in [4.78, 5) is 0. The maximum absolute atomic E-state index is 3.66. The van der Waals surface area contributed by atoms with Gasteiger partial charge in [-0.2, -0.15) is 0 Å². The fraction of sp³-hybridized carbons (Fsp3) is 0.895. The summed E-state index contributed by atoms with van der Waals surface area (Å²) in [7, 11) is 0. The highest BCUT2D eigenvalue weighted by Gasteiger charge is 1.85. The molecule has 0 rings (SSSR count). The Hall–Kier alpha value is -0.260. The van der Waals surface area contributed by atoms with Crippen molar-refractivity contribution in [2.75, 3.05) is 0 Å². The first-order valence-corrected chi connectivity index (χ1v) is 8.94. The van der Waals surface area contributed by atoms with Crippen LogP contribution in [0.5, 0.6) is 0 Å². The van der Waals surface area contributed by atoms with Crippen LogP contribution in [-0.2, 0) is 0 Å². The minimum Gasteiger partial charge on any atom is -0.103 e. The summed E-state index contributed by atoms with van der Waals surface area (Å²) in [6.07, 6.45) is 18.6. The minimum atomic E-state index is 1.19. The molecule has 0 saturated heterocycles. The lowest BCUT2D eigenvalue weighted by Gasteiger charge is -1.96. The molecule has 0 heteroatoms. The van der Waals surface area contributed by atoms with E-state index < -0.39 is 0 Å². The average Bonchev–Trinajstić information content (AvgIpc) is 2.47. The van der Waals surface area contributed by atoms with Gasteiger partial charge in [0, 0.05) is 0 Å². The second kappa shape index (κ2) is 30.6. The molecule has 0 aliphatic carbocycles. The van der Waals surface area contributed by atoms with Crippen molar-refractivity contribution < 1.29 is 0 Å². The Balaban J connectivity index is -0.000000239. The van der Waals surface area contributed by atoms with E-state index in [0.717, 1.165) is 0 Å². The van der Waals surface area contributed by atoms with Crippen LogP contribution >= 0.6 is 0 Å². The number of hydrogen-bond donors (Lipinski definition) is 0. The molecule has 0 heterocycles. The Bertz CT molecular complexity index is 109. The normalized spacial score (nSPS) is 8.89. The monoisotopic (exact) mass is 270 g/mol. The topological polar surface area (TPSA) is 0 Å². The van der Waals surface area contributed by atoms with E-state index in [0.29, 0.717) is 0 Å². The zero-order valence-corrected chi connectivity index (χ0v) is 14.8. The van der Waals surface area contributed by atoms with Crippen molar-refractivity contribution in [3.63, 3.8) is 0 Å². The van der Waals surface area contributed by atoms with Crippen LogP contribution < -0.4 is 0 Å². The Morgan fingerprint density at radius 2 is 0.895 bits per heavy atom. The molecular formula is C19H42. The molecule has 0 aliphatic rings. The third-order valence-corrected chi connectivity index (χ3v) is 2.97. The fourth-order valence-electron chi connectivity index (χ4n) is 1.75. The zero-order chi connectivity index (χ0) is 15.2. The second-order valence-electron chi connectivity index (χ2n) is 4.91. The molecule has 0 aromatic carbocycles. The Morgan fingerprint density at radius 1 is 0.579 bits per heavy atom. The molecule has 0 spiro atoms. The number of allylic oxidation sites excluding steroid dienone is 1. The maximum Gasteiger partial charge on any atom is -0.0353 e. The molecular weight excluding hydrogens is 228 g/mol. The molecule has 0 bridgehead atoms. The van der Waals surface area contributed by atoms with Gasteiger partial charge in [0.1, 0.15) is 0 Å². The number of hydrogen-bond acceptors (Lipinski definition) is 0. The van der Waals surface area contributed by atoms with Gasteiger partial charge < -0.3 is 0 Å². The van der Waals surface area contributed by atoms with E-state index in [1.165, 1.54) is 77.0 Å². The predicted molar refractivity (Wildman–Crippen MR) is 94.0 cm³/mol. The van der Waals surface area contributed by atoms with Gasteiger partial charge >= 0.3 is 0 Å². The molecule has 0 aromatic heterocycles. The van der Waals surface area contributed by atoms with Crippen molar-refractivity contribution in [3.05, 3.63) is 12.7 Å². The fourth-order valence-corrected chi connectivity index (χ4v) is 1.75. The first kappa shape index (κ1) is 23.8. The highest BCUT2D eigenvalue weighted by molar-refractivity contribution is 4.64. The van der Waals surface area contributed by atoms with Crippen LogP contribution in [-0.4, -0.2) is 0 Å². The molecule has 0 unspecified atom stereocenters. The molecule has 0 aromatic rings. The highest BCUT2D eigenvalue weighted by Crippen LogP contribution is 2.05. The van der Waals surface area contributed by atoms with Crippen LogP contribution in [0.4, 0.5) is 0 Å². The smallest absolute Gasteiger partial charge is 0.0353 e. The minimum absolute atomic E-state index is 1.19. The molecule has 118 valence electrons. The largest absolute Gasteiger partial charge is 0.103 e. The molecule has 0 nitrogen and oxygen atoms in total. The van der Waals surface area contributed by atoms with Crippen LogP contribution in [0.15, 0.2) is 12.7 Å². The van der Waals surface area contributed by atoms with Gasteiger partial charge in [-0.3, -0.25) is 0 Å². The maximum atomic E-state index is 3.66. The van der Waals surface area contributed by atoms with Crippen molar-refractivity contribution in [2.24, 2.45) is 0 Å². The number of rotatable bonds is 11. The Labute approximate surface area is 125 Å². The molecule has 0 radical (unpaired) electrons. The molecule has 0 N–H and O–H groups in total. The molecule has 0 saturated carbocycles. The quantitative estimate of drug-likeness (QED) is 0.264. The van der Waals surface area contributed by atoms with Gasteiger partial charge in [-0.05, 0) is 12.8 Å². The van der Waals surface area contributed by atoms with Crippen molar-refractivity contribution in [2.45, 2.75) is 112 Å². The standard InChI is InChI=1S/C9H20.C8H16.C2H6/c1-3-5-7-9-8-6-4-2;1-3-5-7-8-6-4-2;1-2/h3-9H2,1-2H3;3H,1,4-8H2,2H3;1-2H3. The van der Waals surface area contributed by atoms with E-state index >= 15 is 0 Å². The SMILES string of the molecule is C=CCCCCCC.CC.CCCCCCCCC. The van der Waals surface area contributed by atoms with E-state index in [2.05, 4.69) is 27.4 Å². The van der Waals surface area contributed by atoms with E-state index in [-0.39, 0.29) is 0 Å². The molecule has 0 aliphatic heterocycles. The van der Waals surface area contributed by atoms with Crippen molar-refractivity contribution in [1.29, 1.82) is 0 Å². The zero-order valence-electron chi connectivity index (χ0n) is 14.8. The summed E-state index contributed by atoms with van der Waals surface area (Å²) in [6, 6.07) is 0. The molecule has 0 fully saturated rings. The summed E-state index contributed by atoms with van der Waals surface area (Å²) < 4.78 is 0. The lowest BCUT2D eigenvalue weighted by atomic mass is 10.1. The van der Waals surface area contributed by atoms with E-state index in [9.17, 15) is 0 Å². The van der Waals surface area contributed by atoms with Gasteiger partial charge in [0.25, 0.3) is 0 Å². The van der Waals surface area contributed by atoms with Gasteiger partial charge in [0.2, 0.25) is 0 Å². The lowest BCUT2D eigenvalue weighted by Crippen LogP contribution is -1.76. The van der Waals surface area contributed by atoms with E-state index in [1.807, 2.05) is 19.9 Å². The predicted octanol–water partition coefficient (Wildman–Crippen LogP) is 7.93. The summed E-state index contributed by atoms with van der Waals surface area (Å²) in [5.74, 6) is 0. The highest BCUT2D eigenvalue weighted by atomic mass is 13.9. The first-order valence-electron chi connectivity index (χ1n) is 8.94. The van der Waals surface area contributed by atoms with Gasteiger partial charge in [-0.25, -0.2) is 0 Å². The van der Waals surface area contributed by atoms with Crippen LogP contribution in [0.1, 0.15) is 112 Å². The van der Waals surface area contributed by atoms with Gasteiger partial charge in [-0.15, -0.1) is 6.58 Å². The van der Waals surface area contributed by atoms with E-state index in [1.54, 1.807) is 0 Å². The Morgan fingerprint density at radius 3 is 1.21 bits per heavy atom. The Kier molecular flexibility index (Phi) is 38.4. The third kappa shape index (κ3) is 38.1. The summed E-state index contributed by atoms with van der Waals surface area (Å²) in [6.45, 7) is 14.4. The summed E-state index contributed by atoms with van der Waals surface area (Å²) in [5, 5.41) is 0. The van der Waals surface area contributed by atoms with Gasteiger partial charge in [0.15, 0.2) is 0 Å². The van der Waals surface area contributed by atoms with Crippen molar-refractivity contribution >= 4 is 0 Å². The van der Waals surface area contributed by atoms with Gasteiger partial charge in [0.05, 0.1) is 0 Å². The van der Waals surface area contributed by atoms with Crippen LogP contribution in [0.25, 0.3) is 0 Å². The summed E-state index contributed by atoms with van der Waals surface area (Å²) in [5.41, 5.74) is 0.